The van der Waals surface area contributed by atoms with Gasteiger partial charge in [0.15, 0.2) is 0 Å². The zero-order valence-corrected chi connectivity index (χ0v) is 10.7. The first-order valence-corrected chi connectivity index (χ1v) is 6.06. The van der Waals surface area contributed by atoms with Crippen molar-refractivity contribution in [3.8, 4) is 0 Å². The van der Waals surface area contributed by atoms with E-state index >= 15 is 0 Å². The molecule has 1 N–H and O–H groups in total. The SMILES string of the molecule is CC1CC(C)C(CNC(C)(C)C)C1C. The first kappa shape index (κ1) is 12.0. The molecule has 14 heavy (non-hydrogen) atoms. The summed E-state index contributed by atoms with van der Waals surface area (Å²) >= 11 is 0. The molecule has 0 bridgehead atoms. The van der Waals surface area contributed by atoms with Crippen molar-refractivity contribution < 1.29 is 0 Å². The normalized spacial score (nSPS) is 39.0. The van der Waals surface area contributed by atoms with Crippen molar-refractivity contribution in [3.05, 3.63) is 0 Å². The highest BCUT2D eigenvalue weighted by molar-refractivity contribution is 4.87. The molecule has 0 amide bonds. The Morgan fingerprint density at radius 1 is 1.07 bits per heavy atom. The Kier molecular flexibility index (Phi) is 3.63. The predicted molar refractivity (Wildman–Crippen MR) is 63.4 cm³/mol. The first-order valence-electron chi connectivity index (χ1n) is 6.06. The molecule has 0 aromatic rings. The van der Waals surface area contributed by atoms with Crippen LogP contribution < -0.4 is 5.32 Å². The second kappa shape index (κ2) is 4.22. The molecule has 0 heterocycles. The van der Waals surface area contributed by atoms with E-state index in [0.29, 0.717) is 0 Å². The third-order valence-electron chi connectivity index (χ3n) is 3.92. The van der Waals surface area contributed by atoms with Crippen LogP contribution in [0.2, 0.25) is 0 Å². The summed E-state index contributed by atoms with van der Waals surface area (Å²) in [4.78, 5) is 0. The van der Waals surface area contributed by atoms with E-state index in [1.807, 2.05) is 0 Å². The molecule has 0 radical (unpaired) electrons. The Hall–Kier alpha value is -0.0400. The van der Waals surface area contributed by atoms with Gasteiger partial charge in [-0.2, -0.15) is 0 Å². The fraction of sp³-hybridized carbons (Fsp3) is 1.00. The molecule has 1 fully saturated rings. The summed E-state index contributed by atoms with van der Waals surface area (Å²) in [5.41, 5.74) is 0.269. The van der Waals surface area contributed by atoms with Crippen molar-refractivity contribution in [1.29, 1.82) is 0 Å². The second-order valence-corrected chi connectivity index (χ2v) is 6.34. The van der Waals surface area contributed by atoms with E-state index in [9.17, 15) is 0 Å². The highest BCUT2D eigenvalue weighted by atomic mass is 14.9. The van der Waals surface area contributed by atoms with Gasteiger partial charge in [-0.3, -0.25) is 0 Å². The van der Waals surface area contributed by atoms with Gasteiger partial charge >= 0.3 is 0 Å². The third kappa shape index (κ3) is 2.98. The first-order chi connectivity index (χ1) is 6.31. The highest BCUT2D eigenvalue weighted by Crippen LogP contribution is 2.40. The summed E-state index contributed by atoms with van der Waals surface area (Å²) in [6.45, 7) is 15.2. The molecular formula is C13H27N. The molecule has 0 aromatic heterocycles. The molecule has 4 atom stereocenters. The summed E-state index contributed by atoms with van der Waals surface area (Å²) in [7, 11) is 0. The van der Waals surface area contributed by atoms with E-state index < -0.39 is 0 Å². The lowest BCUT2D eigenvalue weighted by Gasteiger charge is -2.27. The average molecular weight is 197 g/mol. The molecule has 84 valence electrons. The van der Waals surface area contributed by atoms with Crippen LogP contribution in [0.3, 0.4) is 0 Å². The van der Waals surface area contributed by atoms with E-state index in [-0.39, 0.29) is 5.54 Å². The topological polar surface area (TPSA) is 12.0 Å². The molecular weight excluding hydrogens is 170 g/mol. The zero-order chi connectivity index (χ0) is 10.9. The lowest BCUT2D eigenvalue weighted by Crippen LogP contribution is -2.40. The van der Waals surface area contributed by atoms with Crippen molar-refractivity contribution in [2.75, 3.05) is 6.54 Å². The van der Waals surface area contributed by atoms with E-state index in [1.165, 1.54) is 13.0 Å². The van der Waals surface area contributed by atoms with Gasteiger partial charge in [0.05, 0.1) is 0 Å². The van der Waals surface area contributed by atoms with Crippen LogP contribution in [0.1, 0.15) is 48.0 Å². The van der Waals surface area contributed by atoms with Gasteiger partial charge in [-0.05, 0) is 57.4 Å². The largest absolute Gasteiger partial charge is 0.312 e. The van der Waals surface area contributed by atoms with E-state index in [0.717, 1.165) is 23.7 Å². The Labute approximate surface area is 89.7 Å². The smallest absolute Gasteiger partial charge is 0.00966 e. The maximum atomic E-state index is 3.65. The summed E-state index contributed by atoms with van der Waals surface area (Å²) in [6.07, 6.45) is 1.41. The van der Waals surface area contributed by atoms with Crippen LogP contribution in [0.15, 0.2) is 0 Å². The van der Waals surface area contributed by atoms with Crippen LogP contribution in [0, 0.1) is 23.7 Å². The molecule has 1 aliphatic rings. The number of rotatable bonds is 2. The highest BCUT2D eigenvalue weighted by Gasteiger charge is 2.35. The fourth-order valence-corrected chi connectivity index (χ4v) is 2.73. The van der Waals surface area contributed by atoms with Crippen LogP contribution in [0.5, 0.6) is 0 Å². The minimum absolute atomic E-state index is 0.269. The second-order valence-electron chi connectivity index (χ2n) is 6.34. The van der Waals surface area contributed by atoms with Gasteiger partial charge in [0.1, 0.15) is 0 Å². The molecule has 0 aliphatic heterocycles. The van der Waals surface area contributed by atoms with Crippen molar-refractivity contribution >= 4 is 0 Å². The molecule has 0 aromatic carbocycles. The number of hydrogen-bond acceptors (Lipinski definition) is 1. The molecule has 1 aliphatic carbocycles. The predicted octanol–water partition coefficient (Wildman–Crippen LogP) is 3.30. The van der Waals surface area contributed by atoms with Gasteiger partial charge in [0, 0.05) is 5.54 Å². The van der Waals surface area contributed by atoms with E-state index in [2.05, 4.69) is 46.9 Å². The number of nitrogens with one attached hydrogen (secondary N) is 1. The Bertz CT molecular complexity index is 180. The molecule has 1 saturated carbocycles. The number of hydrogen-bond donors (Lipinski definition) is 1. The molecule has 0 spiro atoms. The Balaban J connectivity index is 2.44. The summed E-state index contributed by atoms with van der Waals surface area (Å²) in [5.74, 6) is 3.58. The van der Waals surface area contributed by atoms with Crippen LogP contribution in [-0.4, -0.2) is 12.1 Å². The monoisotopic (exact) mass is 197 g/mol. The van der Waals surface area contributed by atoms with Crippen molar-refractivity contribution in [3.63, 3.8) is 0 Å². The van der Waals surface area contributed by atoms with Gasteiger partial charge in [0.25, 0.3) is 0 Å². The molecule has 1 heteroatoms. The minimum atomic E-state index is 0.269. The van der Waals surface area contributed by atoms with Crippen LogP contribution in [-0.2, 0) is 0 Å². The van der Waals surface area contributed by atoms with Gasteiger partial charge < -0.3 is 5.32 Å². The van der Waals surface area contributed by atoms with Crippen LogP contribution in [0.4, 0.5) is 0 Å². The maximum absolute atomic E-state index is 3.65. The Morgan fingerprint density at radius 3 is 2.00 bits per heavy atom. The van der Waals surface area contributed by atoms with Crippen molar-refractivity contribution in [1.82, 2.24) is 5.32 Å². The lowest BCUT2D eigenvalue weighted by molar-refractivity contribution is 0.276. The van der Waals surface area contributed by atoms with Gasteiger partial charge in [-0.1, -0.05) is 20.8 Å². The fourth-order valence-electron chi connectivity index (χ4n) is 2.73. The molecule has 0 saturated heterocycles. The zero-order valence-electron chi connectivity index (χ0n) is 10.7. The molecule has 1 rings (SSSR count). The summed E-state index contributed by atoms with van der Waals surface area (Å²) in [5, 5.41) is 3.65. The van der Waals surface area contributed by atoms with Crippen LogP contribution in [0.25, 0.3) is 0 Å². The Morgan fingerprint density at radius 2 is 1.64 bits per heavy atom. The van der Waals surface area contributed by atoms with Gasteiger partial charge in [-0.15, -0.1) is 0 Å². The quantitative estimate of drug-likeness (QED) is 0.716. The third-order valence-corrected chi connectivity index (χ3v) is 3.92. The summed E-state index contributed by atoms with van der Waals surface area (Å²) in [6, 6.07) is 0. The van der Waals surface area contributed by atoms with E-state index in [4.69, 9.17) is 0 Å². The average Bonchev–Trinajstić information content (AvgIpc) is 2.23. The standard InChI is InChI=1S/C13H27N/c1-9-7-10(2)12(11(9)3)8-14-13(4,5)6/h9-12,14H,7-8H2,1-6H3. The summed E-state index contributed by atoms with van der Waals surface area (Å²) < 4.78 is 0. The molecule has 4 unspecified atom stereocenters. The lowest BCUT2D eigenvalue weighted by atomic mass is 9.89. The maximum Gasteiger partial charge on any atom is 0.00966 e. The molecule has 1 nitrogen and oxygen atoms in total. The van der Waals surface area contributed by atoms with Gasteiger partial charge in [-0.25, -0.2) is 0 Å². The van der Waals surface area contributed by atoms with Gasteiger partial charge in [0.2, 0.25) is 0 Å². The van der Waals surface area contributed by atoms with Crippen LogP contribution >= 0.6 is 0 Å². The van der Waals surface area contributed by atoms with Crippen molar-refractivity contribution in [2.45, 2.75) is 53.5 Å². The minimum Gasteiger partial charge on any atom is -0.312 e. The van der Waals surface area contributed by atoms with E-state index in [1.54, 1.807) is 0 Å². The van der Waals surface area contributed by atoms with Crippen molar-refractivity contribution in [2.24, 2.45) is 23.7 Å².